The molecule has 0 aliphatic rings. The molecule has 2 aromatic carbocycles. The Morgan fingerprint density at radius 3 is 2.50 bits per heavy atom. The molecule has 0 aliphatic carbocycles. The summed E-state index contributed by atoms with van der Waals surface area (Å²) in [6, 6.07) is 18.5. The molecule has 18 heavy (non-hydrogen) atoms. The fourth-order valence-electron chi connectivity index (χ4n) is 1.80. The quantitative estimate of drug-likeness (QED) is 0.839. The Kier molecular flexibility index (Phi) is 4.79. The van der Waals surface area contributed by atoms with Crippen LogP contribution in [0.4, 0.5) is 0 Å². The smallest absolute Gasteiger partial charge is 0.120 e. The molecule has 94 valence electrons. The maximum Gasteiger partial charge on any atom is 0.120 e. The second-order valence-electron chi connectivity index (χ2n) is 4.28. The minimum Gasteiger partial charge on any atom is -0.489 e. The van der Waals surface area contributed by atoms with Crippen molar-refractivity contribution in [2.75, 3.05) is 13.6 Å². The molecule has 0 aliphatic heterocycles. The largest absolute Gasteiger partial charge is 0.489 e. The van der Waals surface area contributed by atoms with E-state index in [1.807, 2.05) is 37.4 Å². The maximum atomic E-state index is 5.79. The van der Waals surface area contributed by atoms with E-state index in [1.165, 1.54) is 11.1 Å². The lowest BCUT2D eigenvalue weighted by Gasteiger charge is -2.08. The van der Waals surface area contributed by atoms with Gasteiger partial charge in [-0.3, -0.25) is 0 Å². The van der Waals surface area contributed by atoms with E-state index in [0.29, 0.717) is 6.61 Å². The van der Waals surface area contributed by atoms with E-state index in [1.54, 1.807) is 0 Å². The summed E-state index contributed by atoms with van der Waals surface area (Å²) >= 11 is 0. The SMILES string of the molecule is CNCCc1cccc(OCc2ccccc2)c1. The summed E-state index contributed by atoms with van der Waals surface area (Å²) in [4.78, 5) is 0. The normalized spacial score (nSPS) is 10.3. The number of ether oxygens (including phenoxy) is 1. The first-order valence-corrected chi connectivity index (χ1v) is 6.29. The van der Waals surface area contributed by atoms with Crippen LogP contribution in [0.25, 0.3) is 0 Å². The molecule has 0 fully saturated rings. The van der Waals surface area contributed by atoms with Gasteiger partial charge in [0.1, 0.15) is 12.4 Å². The van der Waals surface area contributed by atoms with Crippen molar-refractivity contribution in [1.82, 2.24) is 5.32 Å². The predicted octanol–water partition coefficient (Wildman–Crippen LogP) is 3.03. The van der Waals surface area contributed by atoms with Crippen molar-refractivity contribution >= 4 is 0 Å². The van der Waals surface area contributed by atoms with Gasteiger partial charge in [0, 0.05) is 0 Å². The molecule has 0 unspecified atom stereocenters. The fourth-order valence-corrected chi connectivity index (χ4v) is 1.80. The Bertz CT molecular complexity index is 468. The zero-order chi connectivity index (χ0) is 12.6. The Labute approximate surface area is 109 Å². The average Bonchev–Trinajstić information content (AvgIpc) is 2.44. The second-order valence-corrected chi connectivity index (χ2v) is 4.28. The molecular weight excluding hydrogens is 222 g/mol. The van der Waals surface area contributed by atoms with E-state index in [9.17, 15) is 0 Å². The van der Waals surface area contributed by atoms with Crippen LogP contribution in [0.5, 0.6) is 5.75 Å². The zero-order valence-corrected chi connectivity index (χ0v) is 10.7. The fraction of sp³-hybridized carbons (Fsp3) is 0.250. The monoisotopic (exact) mass is 241 g/mol. The van der Waals surface area contributed by atoms with E-state index in [-0.39, 0.29) is 0 Å². The van der Waals surface area contributed by atoms with Gasteiger partial charge in [0.05, 0.1) is 0 Å². The first-order valence-electron chi connectivity index (χ1n) is 6.29. The molecule has 0 aromatic heterocycles. The van der Waals surface area contributed by atoms with E-state index in [2.05, 4.69) is 29.6 Å². The van der Waals surface area contributed by atoms with Crippen LogP contribution in [0.2, 0.25) is 0 Å². The number of rotatable bonds is 6. The van der Waals surface area contributed by atoms with Crippen molar-refractivity contribution in [3.8, 4) is 5.75 Å². The molecule has 1 N–H and O–H groups in total. The van der Waals surface area contributed by atoms with Crippen LogP contribution in [0.1, 0.15) is 11.1 Å². The summed E-state index contributed by atoms with van der Waals surface area (Å²) in [7, 11) is 1.97. The molecule has 0 atom stereocenters. The minimum atomic E-state index is 0.621. The lowest BCUT2D eigenvalue weighted by Crippen LogP contribution is -2.10. The highest BCUT2D eigenvalue weighted by atomic mass is 16.5. The lowest BCUT2D eigenvalue weighted by atomic mass is 10.1. The Hall–Kier alpha value is -1.80. The van der Waals surface area contributed by atoms with Gasteiger partial charge in [0.2, 0.25) is 0 Å². The molecule has 0 saturated carbocycles. The van der Waals surface area contributed by atoms with Crippen LogP contribution in [0.15, 0.2) is 54.6 Å². The van der Waals surface area contributed by atoms with Crippen LogP contribution in [-0.4, -0.2) is 13.6 Å². The standard InChI is InChI=1S/C16H19NO/c1-17-11-10-14-8-5-9-16(12-14)18-13-15-6-3-2-4-7-15/h2-9,12,17H,10-11,13H2,1H3. The molecule has 2 heteroatoms. The van der Waals surface area contributed by atoms with Crippen molar-refractivity contribution in [3.05, 3.63) is 65.7 Å². The molecule has 0 saturated heterocycles. The maximum absolute atomic E-state index is 5.79. The highest BCUT2D eigenvalue weighted by Crippen LogP contribution is 2.15. The Morgan fingerprint density at radius 2 is 1.72 bits per heavy atom. The van der Waals surface area contributed by atoms with Gasteiger partial charge < -0.3 is 10.1 Å². The first-order chi connectivity index (χ1) is 8.88. The van der Waals surface area contributed by atoms with Gasteiger partial charge in [0.25, 0.3) is 0 Å². The van der Waals surface area contributed by atoms with Crippen LogP contribution in [-0.2, 0) is 13.0 Å². The van der Waals surface area contributed by atoms with Crippen LogP contribution in [0.3, 0.4) is 0 Å². The van der Waals surface area contributed by atoms with Gasteiger partial charge in [-0.2, -0.15) is 0 Å². The molecule has 0 amide bonds. The summed E-state index contributed by atoms with van der Waals surface area (Å²) < 4.78 is 5.79. The molecule has 0 bridgehead atoms. The van der Waals surface area contributed by atoms with Gasteiger partial charge >= 0.3 is 0 Å². The molecule has 2 aromatic rings. The van der Waals surface area contributed by atoms with Gasteiger partial charge in [-0.05, 0) is 43.3 Å². The van der Waals surface area contributed by atoms with Gasteiger partial charge in [-0.1, -0.05) is 42.5 Å². The third-order valence-corrected chi connectivity index (χ3v) is 2.81. The minimum absolute atomic E-state index is 0.621. The van der Waals surface area contributed by atoms with Gasteiger partial charge in [-0.25, -0.2) is 0 Å². The zero-order valence-electron chi connectivity index (χ0n) is 10.7. The third kappa shape index (κ3) is 3.90. The molecular formula is C16H19NO. The van der Waals surface area contributed by atoms with Crippen LogP contribution >= 0.6 is 0 Å². The molecule has 2 nitrogen and oxygen atoms in total. The molecule has 2 rings (SSSR count). The molecule has 0 spiro atoms. The first kappa shape index (κ1) is 12.7. The summed E-state index contributed by atoms with van der Waals surface area (Å²) in [5.74, 6) is 0.937. The molecule has 0 heterocycles. The lowest BCUT2D eigenvalue weighted by molar-refractivity contribution is 0.306. The Balaban J connectivity index is 1.93. The van der Waals surface area contributed by atoms with Crippen molar-refractivity contribution < 1.29 is 4.74 Å². The number of nitrogens with one attached hydrogen (secondary N) is 1. The second kappa shape index (κ2) is 6.82. The molecule has 0 radical (unpaired) electrons. The summed E-state index contributed by atoms with van der Waals surface area (Å²) in [6.07, 6.45) is 1.03. The van der Waals surface area contributed by atoms with Gasteiger partial charge in [-0.15, -0.1) is 0 Å². The van der Waals surface area contributed by atoms with Crippen molar-refractivity contribution in [2.24, 2.45) is 0 Å². The highest BCUT2D eigenvalue weighted by Gasteiger charge is 1.98. The number of hydrogen-bond donors (Lipinski definition) is 1. The predicted molar refractivity (Wildman–Crippen MR) is 74.8 cm³/mol. The van der Waals surface area contributed by atoms with Gasteiger partial charge in [0.15, 0.2) is 0 Å². The topological polar surface area (TPSA) is 21.3 Å². The number of hydrogen-bond acceptors (Lipinski definition) is 2. The summed E-state index contributed by atoms with van der Waals surface area (Å²) in [5.41, 5.74) is 2.49. The van der Waals surface area contributed by atoms with Crippen molar-refractivity contribution in [1.29, 1.82) is 0 Å². The van der Waals surface area contributed by atoms with Crippen molar-refractivity contribution in [2.45, 2.75) is 13.0 Å². The summed E-state index contributed by atoms with van der Waals surface area (Å²) in [5, 5.41) is 3.15. The third-order valence-electron chi connectivity index (χ3n) is 2.81. The number of benzene rings is 2. The van der Waals surface area contributed by atoms with Crippen LogP contribution < -0.4 is 10.1 Å². The van der Waals surface area contributed by atoms with E-state index in [4.69, 9.17) is 4.74 Å². The highest BCUT2D eigenvalue weighted by molar-refractivity contribution is 5.29. The van der Waals surface area contributed by atoms with Crippen molar-refractivity contribution in [3.63, 3.8) is 0 Å². The average molecular weight is 241 g/mol. The van der Waals surface area contributed by atoms with E-state index < -0.39 is 0 Å². The Morgan fingerprint density at radius 1 is 0.944 bits per heavy atom. The number of likely N-dealkylation sites (N-methyl/N-ethyl adjacent to an activating group) is 1. The summed E-state index contributed by atoms with van der Waals surface area (Å²) in [6.45, 7) is 1.61. The van der Waals surface area contributed by atoms with E-state index in [0.717, 1.165) is 18.7 Å². The van der Waals surface area contributed by atoms with Crippen LogP contribution in [0, 0.1) is 0 Å². The van der Waals surface area contributed by atoms with E-state index >= 15 is 0 Å².